The molecule has 0 aliphatic carbocycles. The van der Waals surface area contributed by atoms with E-state index in [0.717, 1.165) is 6.07 Å². The SMILES string of the molecule is COc1cc(CN)ccc1NC(=O)C(F)(F)C(F)(F)F. The first-order valence-corrected chi connectivity index (χ1v) is 5.26. The number of rotatable bonds is 4. The maximum atomic E-state index is 12.8. The third kappa shape index (κ3) is 3.16. The lowest BCUT2D eigenvalue weighted by atomic mass is 10.2. The largest absolute Gasteiger partial charge is 0.495 e. The number of anilines is 1. The van der Waals surface area contributed by atoms with Gasteiger partial charge in [-0.2, -0.15) is 22.0 Å². The van der Waals surface area contributed by atoms with Gasteiger partial charge in [0, 0.05) is 6.54 Å². The first kappa shape index (κ1) is 16.2. The second-order valence-electron chi connectivity index (χ2n) is 3.77. The van der Waals surface area contributed by atoms with Gasteiger partial charge in [0.2, 0.25) is 0 Å². The molecule has 0 saturated heterocycles. The smallest absolute Gasteiger partial charge is 0.463 e. The maximum Gasteiger partial charge on any atom is 0.463 e. The number of alkyl halides is 5. The molecule has 0 aliphatic rings. The summed E-state index contributed by atoms with van der Waals surface area (Å²) in [6, 6.07) is 3.82. The fourth-order valence-electron chi connectivity index (χ4n) is 1.30. The van der Waals surface area contributed by atoms with E-state index in [1.807, 2.05) is 0 Å². The van der Waals surface area contributed by atoms with Crippen molar-refractivity contribution in [1.29, 1.82) is 0 Å². The van der Waals surface area contributed by atoms with Crippen LogP contribution in [0.25, 0.3) is 0 Å². The number of benzene rings is 1. The molecule has 0 aromatic heterocycles. The zero-order chi connectivity index (χ0) is 15.6. The Bertz CT molecular complexity index is 502. The molecule has 0 atom stereocenters. The van der Waals surface area contributed by atoms with Gasteiger partial charge < -0.3 is 15.8 Å². The molecule has 20 heavy (non-hydrogen) atoms. The van der Waals surface area contributed by atoms with Crippen LogP contribution in [0, 0.1) is 0 Å². The van der Waals surface area contributed by atoms with E-state index in [2.05, 4.69) is 0 Å². The van der Waals surface area contributed by atoms with Gasteiger partial charge in [0.15, 0.2) is 0 Å². The molecule has 1 aromatic carbocycles. The fraction of sp³-hybridized carbons (Fsp3) is 0.364. The van der Waals surface area contributed by atoms with Crippen LogP contribution in [-0.4, -0.2) is 25.1 Å². The number of carbonyl (C=O) groups is 1. The van der Waals surface area contributed by atoms with Crippen molar-refractivity contribution in [2.75, 3.05) is 12.4 Å². The van der Waals surface area contributed by atoms with Crippen LogP contribution in [0.15, 0.2) is 18.2 Å². The predicted molar refractivity (Wildman–Crippen MR) is 60.5 cm³/mol. The van der Waals surface area contributed by atoms with Crippen molar-refractivity contribution in [2.45, 2.75) is 18.6 Å². The number of hydrogen-bond donors (Lipinski definition) is 2. The van der Waals surface area contributed by atoms with E-state index in [1.165, 1.54) is 24.6 Å². The minimum atomic E-state index is -5.97. The highest BCUT2D eigenvalue weighted by Crippen LogP contribution is 2.37. The Hall–Kier alpha value is -1.90. The number of carbonyl (C=O) groups excluding carboxylic acids is 1. The van der Waals surface area contributed by atoms with Crippen LogP contribution in [-0.2, 0) is 11.3 Å². The van der Waals surface area contributed by atoms with Gasteiger partial charge >= 0.3 is 18.0 Å². The Balaban J connectivity index is 3.02. The highest BCUT2D eigenvalue weighted by Gasteiger charge is 2.63. The molecule has 0 spiro atoms. The van der Waals surface area contributed by atoms with Crippen LogP contribution in [0.1, 0.15) is 5.56 Å². The molecule has 0 radical (unpaired) electrons. The summed E-state index contributed by atoms with van der Waals surface area (Å²) in [7, 11) is 1.17. The van der Waals surface area contributed by atoms with Gasteiger partial charge in [-0.05, 0) is 17.7 Å². The molecule has 0 heterocycles. The maximum absolute atomic E-state index is 12.8. The molecule has 3 N–H and O–H groups in total. The Morgan fingerprint density at radius 2 is 1.90 bits per heavy atom. The molecule has 9 heteroatoms. The Kier molecular flexibility index (Phi) is 4.53. The number of hydrogen-bond acceptors (Lipinski definition) is 3. The Labute approximate surface area is 110 Å². The van der Waals surface area contributed by atoms with Gasteiger partial charge in [-0.1, -0.05) is 6.07 Å². The second kappa shape index (κ2) is 5.61. The van der Waals surface area contributed by atoms with Crippen LogP contribution < -0.4 is 15.8 Å². The number of amides is 1. The monoisotopic (exact) mass is 298 g/mol. The van der Waals surface area contributed by atoms with Crippen LogP contribution in [0.4, 0.5) is 27.6 Å². The van der Waals surface area contributed by atoms with Gasteiger partial charge in [0.25, 0.3) is 0 Å². The average molecular weight is 298 g/mol. The van der Waals surface area contributed by atoms with E-state index in [9.17, 15) is 26.7 Å². The Morgan fingerprint density at radius 1 is 1.30 bits per heavy atom. The zero-order valence-electron chi connectivity index (χ0n) is 10.2. The molecule has 112 valence electrons. The lowest BCUT2D eigenvalue weighted by molar-refractivity contribution is -0.267. The van der Waals surface area contributed by atoms with Gasteiger partial charge in [-0.25, -0.2) is 0 Å². The van der Waals surface area contributed by atoms with Crippen molar-refractivity contribution in [3.8, 4) is 5.75 Å². The molecule has 4 nitrogen and oxygen atoms in total. The van der Waals surface area contributed by atoms with Crippen molar-refractivity contribution in [3.63, 3.8) is 0 Å². The van der Waals surface area contributed by atoms with Crippen molar-refractivity contribution < 1.29 is 31.5 Å². The summed E-state index contributed by atoms with van der Waals surface area (Å²) in [5.74, 6) is -8.05. The predicted octanol–water partition coefficient (Wildman–Crippen LogP) is 2.29. The van der Waals surface area contributed by atoms with Crippen LogP contribution in [0.2, 0.25) is 0 Å². The summed E-state index contributed by atoms with van der Waals surface area (Å²) >= 11 is 0. The van der Waals surface area contributed by atoms with E-state index in [1.54, 1.807) is 0 Å². The molecule has 0 unspecified atom stereocenters. The van der Waals surface area contributed by atoms with E-state index in [-0.39, 0.29) is 18.0 Å². The molecule has 1 rings (SSSR count). The molecule has 0 bridgehead atoms. The summed E-state index contributed by atoms with van der Waals surface area (Å²) in [5.41, 5.74) is 5.59. The highest BCUT2D eigenvalue weighted by atomic mass is 19.4. The quantitative estimate of drug-likeness (QED) is 0.838. The van der Waals surface area contributed by atoms with Gasteiger partial charge in [0.05, 0.1) is 12.8 Å². The van der Waals surface area contributed by atoms with E-state index < -0.39 is 18.0 Å². The summed E-state index contributed by atoms with van der Waals surface area (Å²) < 4.78 is 66.5. The second-order valence-corrected chi connectivity index (χ2v) is 3.77. The first-order chi connectivity index (χ1) is 9.13. The first-order valence-electron chi connectivity index (χ1n) is 5.26. The minimum Gasteiger partial charge on any atom is -0.495 e. The molecule has 0 aliphatic heterocycles. The third-order valence-electron chi connectivity index (χ3n) is 2.39. The van der Waals surface area contributed by atoms with Crippen LogP contribution >= 0.6 is 0 Å². The third-order valence-corrected chi connectivity index (χ3v) is 2.39. The number of methoxy groups -OCH3 is 1. The standard InChI is InChI=1S/C11H11F5N2O2/c1-20-8-4-6(5-17)2-3-7(8)18-9(19)10(12,13)11(14,15)16/h2-4H,5,17H2,1H3,(H,18,19). The summed E-state index contributed by atoms with van der Waals surface area (Å²) in [6.07, 6.45) is -5.97. The van der Waals surface area contributed by atoms with E-state index in [4.69, 9.17) is 10.5 Å². The molecular formula is C11H11F5N2O2. The van der Waals surface area contributed by atoms with Gasteiger partial charge in [0.1, 0.15) is 5.75 Å². The lowest BCUT2D eigenvalue weighted by Crippen LogP contribution is -2.47. The fourth-order valence-corrected chi connectivity index (χ4v) is 1.30. The van der Waals surface area contributed by atoms with Crippen LogP contribution in [0.5, 0.6) is 5.75 Å². The summed E-state index contributed by atoms with van der Waals surface area (Å²) in [6.45, 7) is 0.114. The normalized spacial score (nSPS) is 12.2. The molecule has 0 fully saturated rings. The molecule has 1 amide bonds. The zero-order valence-corrected chi connectivity index (χ0v) is 10.2. The topological polar surface area (TPSA) is 64.3 Å². The van der Waals surface area contributed by atoms with E-state index in [0.29, 0.717) is 5.56 Å². The molecule has 0 saturated carbocycles. The Morgan fingerprint density at radius 3 is 2.35 bits per heavy atom. The van der Waals surface area contributed by atoms with Crippen molar-refractivity contribution in [3.05, 3.63) is 23.8 Å². The van der Waals surface area contributed by atoms with Gasteiger partial charge in [-0.15, -0.1) is 0 Å². The van der Waals surface area contributed by atoms with Crippen molar-refractivity contribution in [2.24, 2.45) is 5.73 Å². The number of nitrogens with one attached hydrogen (secondary N) is 1. The highest BCUT2D eigenvalue weighted by molar-refractivity contribution is 5.97. The number of halogens is 5. The number of nitrogens with two attached hydrogens (primary N) is 1. The average Bonchev–Trinajstić information content (AvgIpc) is 2.37. The molecule has 1 aromatic rings. The van der Waals surface area contributed by atoms with Crippen molar-refractivity contribution in [1.82, 2.24) is 0 Å². The lowest BCUT2D eigenvalue weighted by Gasteiger charge is -2.19. The van der Waals surface area contributed by atoms with Crippen LogP contribution in [0.3, 0.4) is 0 Å². The summed E-state index contributed by atoms with van der Waals surface area (Å²) in [4.78, 5) is 11.0. The minimum absolute atomic E-state index is 0.0701. The number of ether oxygens (including phenoxy) is 1. The van der Waals surface area contributed by atoms with Crippen molar-refractivity contribution >= 4 is 11.6 Å². The summed E-state index contributed by atoms with van der Waals surface area (Å²) in [5, 5.41) is 1.48. The van der Waals surface area contributed by atoms with E-state index >= 15 is 0 Å². The van der Waals surface area contributed by atoms with Gasteiger partial charge in [-0.3, -0.25) is 4.79 Å². The molecular weight excluding hydrogens is 287 g/mol.